The van der Waals surface area contributed by atoms with E-state index in [1.54, 1.807) is 37.2 Å². The predicted octanol–water partition coefficient (Wildman–Crippen LogP) is 1.66. The maximum absolute atomic E-state index is 12.3. The average Bonchev–Trinajstić information content (AvgIpc) is 3.01. The van der Waals surface area contributed by atoms with Crippen molar-refractivity contribution >= 4 is 35.0 Å². The quantitative estimate of drug-likeness (QED) is 0.552. The van der Waals surface area contributed by atoms with Gasteiger partial charge in [-0.2, -0.15) is 5.01 Å². The second kappa shape index (κ2) is 8.64. The normalized spacial score (nSPS) is 13.3. The van der Waals surface area contributed by atoms with E-state index in [1.165, 1.54) is 12.4 Å². The zero-order valence-corrected chi connectivity index (χ0v) is 17.1. The van der Waals surface area contributed by atoms with E-state index >= 15 is 0 Å². The molecular weight excluding hydrogens is 392 g/mol. The first kappa shape index (κ1) is 20.8. The number of hydrazine groups is 1. The number of amides is 2. The molecule has 0 aliphatic carbocycles. The molecule has 0 unspecified atom stereocenters. The van der Waals surface area contributed by atoms with Crippen molar-refractivity contribution in [3.8, 4) is 11.8 Å². The van der Waals surface area contributed by atoms with Gasteiger partial charge in [0.05, 0.1) is 5.69 Å². The van der Waals surface area contributed by atoms with E-state index in [4.69, 9.17) is 9.47 Å². The summed E-state index contributed by atoms with van der Waals surface area (Å²) >= 11 is 0. The maximum atomic E-state index is 12.3. The van der Waals surface area contributed by atoms with E-state index in [1.807, 2.05) is 19.0 Å². The summed E-state index contributed by atoms with van der Waals surface area (Å²) in [6, 6.07) is 4.98. The molecule has 2 aromatic rings. The molecule has 0 bridgehead atoms. The molecule has 0 atom stereocenters. The minimum atomic E-state index is -1.07. The molecule has 0 radical (unpaired) electrons. The highest BCUT2D eigenvalue weighted by atomic mass is 16.7. The zero-order valence-electron chi connectivity index (χ0n) is 17.1. The number of anilines is 3. The first-order valence-electron chi connectivity index (χ1n) is 9.08. The summed E-state index contributed by atoms with van der Waals surface area (Å²) in [5.74, 6) is -0.865. The van der Waals surface area contributed by atoms with Gasteiger partial charge in [-0.05, 0) is 12.1 Å². The molecule has 0 spiro atoms. The fourth-order valence-electron chi connectivity index (χ4n) is 2.72. The van der Waals surface area contributed by atoms with Crippen LogP contribution in [0.4, 0.5) is 21.9 Å². The number of rotatable bonds is 6. The third-order valence-electron chi connectivity index (χ3n) is 4.25. The van der Waals surface area contributed by atoms with Gasteiger partial charge in [-0.3, -0.25) is 15.0 Å². The molecule has 1 aliphatic rings. The lowest BCUT2D eigenvalue weighted by Gasteiger charge is -2.23. The number of nitrogens with one attached hydrogen (secondary N) is 1. The monoisotopic (exact) mass is 414 g/mol. The molecule has 3 rings (SSSR count). The highest BCUT2D eigenvalue weighted by molar-refractivity contribution is 6.03. The number of carbonyl (C=O) groups excluding carboxylic acids is 3. The van der Waals surface area contributed by atoms with E-state index in [0.29, 0.717) is 5.69 Å². The molecule has 11 nitrogen and oxygen atoms in total. The third-order valence-corrected chi connectivity index (χ3v) is 4.25. The van der Waals surface area contributed by atoms with Gasteiger partial charge in [0.2, 0.25) is 17.7 Å². The van der Waals surface area contributed by atoms with Crippen molar-refractivity contribution in [1.82, 2.24) is 15.0 Å². The van der Waals surface area contributed by atoms with Crippen LogP contribution >= 0.6 is 0 Å². The molecule has 3 heterocycles. The number of hydrogen-bond donors (Lipinski definition) is 1. The van der Waals surface area contributed by atoms with Crippen molar-refractivity contribution in [2.75, 3.05) is 43.4 Å². The summed E-state index contributed by atoms with van der Waals surface area (Å²) < 4.78 is 10.4. The average molecular weight is 414 g/mol. The minimum Gasteiger partial charge on any atom is -0.377 e. The van der Waals surface area contributed by atoms with Gasteiger partial charge in [0.25, 0.3) is 5.88 Å². The second-order valence-electron chi connectivity index (χ2n) is 6.84. The van der Waals surface area contributed by atoms with E-state index in [-0.39, 0.29) is 42.1 Å². The highest BCUT2D eigenvalue weighted by Crippen LogP contribution is 2.34. The summed E-state index contributed by atoms with van der Waals surface area (Å²) in [7, 11) is 7.19. The molecule has 158 valence electrons. The van der Waals surface area contributed by atoms with E-state index < -0.39 is 6.16 Å². The Hall–Kier alpha value is -3.89. The molecule has 1 fully saturated rings. The number of ether oxygens (including phenoxy) is 2. The van der Waals surface area contributed by atoms with Crippen LogP contribution in [-0.4, -0.2) is 61.1 Å². The van der Waals surface area contributed by atoms with Gasteiger partial charge in [-0.25, -0.2) is 14.8 Å². The Balaban J connectivity index is 1.83. The molecule has 0 saturated carbocycles. The van der Waals surface area contributed by atoms with Crippen LogP contribution in [0.5, 0.6) is 11.8 Å². The number of hydrogen-bond acceptors (Lipinski definition) is 10. The van der Waals surface area contributed by atoms with Gasteiger partial charge in [-0.1, -0.05) is 0 Å². The van der Waals surface area contributed by atoms with Crippen LogP contribution in [0.1, 0.15) is 12.8 Å². The lowest BCUT2D eigenvalue weighted by molar-refractivity contribution is -0.136. The molecule has 11 heteroatoms. The van der Waals surface area contributed by atoms with Crippen molar-refractivity contribution < 1.29 is 23.9 Å². The first-order chi connectivity index (χ1) is 14.3. The Morgan fingerprint density at radius 2 is 1.67 bits per heavy atom. The second-order valence-corrected chi connectivity index (χ2v) is 6.84. The van der Waals surface area contributed by atoms with Gasteiger partial charge >= 0.3 is 6.16 Å². The maximum Gasteiger partial charge on any atom is 0.522 e. The molecule has 1 aliphatic heterocycles. The summed E-state index contributed by atoms with van der Waals surface area (Å²) in [5, 5.41) is 0.893. The SMILES string of the molecule is CN(C)c1ccnc(OC(=O)Oc2nccc(N(C)C)c2NN2C(=O)CCC2=O)c1. The van der Waals surface area contributed by atoms with Crippen molar-refractivity contribution in [2.45, 2.75) is 12.8 Å². The summed E-state index contributed by atoms with van der Waals surface area (Å²) in [6.07, 6.45) is 2.08. The molecule has 2 aromatic heterocycles. The molecule has 1 N–H and O–H groups in total. The van der Waals surface area contributed by atoms with Crippen LogP contribution < -0.4 is 24.7 Å². The lowest BCUT2D eigenvalue weighted by atomic mass is 10.3. The fourth-order valence-corrected chi connectivity index (χ4v) is 2.72. The van der Waals surface area contributed by atoms with E-state index in [0.717, 1.165) is 10.7 Å². The van der Waals surface area contributed by atoms with Gasteiger partial charge in [0, 0.05) is 65.2 Å². The molecule has 30 heavy (non-hydrogen) atoms. The fraction of sp³-hybridized carbons (Fsp3) is 0.316. The Morgan fingerprint density at radius 1 is 1.00 bits per heavy atom. The van der Waals surface area contributed by atoms with Crippen LogP contribution in [-0.2, 0) is 9.59 Å². The van der Waals surface area contributed by atoms with Crippen molar-refractivity contribution in [2.24, 2.45) is 0 Å². The van der Waals surface area contributed by atoms with Gasteiger partial charge in [-0.15, -0.1) is 0 Å². The Morgan fingerprint density at radius 3 is 2.30 bits per heavy atom. The van der Waals surface area contributed by atoms with Crippen molar-refractivity contribution in [3.63, 3.8) is 0 Å². The van der Waals surface area contributed by atoms with Crippen LogP contribution in [0.3, 0.4) is 0 Å². The smallest absolute Gasteiger partial charge is 0.377 e. The summed E-state index contributed by atoms with van der Waals surface area (Å²) in [6.45, 7) is 0. The zero-order chi connectivity index (χ0) is 21.8. The van der Waals surface area contributed by atoms with E-state index in [9.17, 15) is 14.4 Å². The number of aromatic nitrogens is 2. The van der Waals surface area contributed by atoms with Gasteiger partial charge in [0.1, 0.15) is 5.69 Å². The predicted molar refractivity (Wildman–Crippen MR) is 108 cm³/mol. The van der Waals surface area contributed by atoms with Crippen LogP contribution in [0.2, 0.25) is 0 Å². The van der Waals surface area contributed by atoms with Crippen LogP contribution in [0, 0.1) is 0 Å². The Bertz CT molecular complexity index is 962. The third kappa shape index (κ3) is 4.57. The number of pyridine rings is 2. The largest absolute Gasteiger partial charge is 0.522 e. The van der Waals surface area contributed by atoms with E-state index in [2.05, 4.69) is 15.4 Å². The Kier molecular flexibility index (Phi) is 6.00. The highest BCUT2D eigenvalue weighted by Gasteiger charge is 2.31. The Labute approximate surface area is 173 Å². The standard InChI is InChI=1S/C19H22N6O5/c1-23(2)12-7-9-20-14(11-12)29-19(28)30-18-17(13(24(3)4)8-10-21-18)22-25-15(26)5-6-16(25)27/h7-11,22H,5-6H2,1-4H3. The van der Waals surface area contributed by atoms with Gasteiger partial charge in [0.15, 0.2) is 0 Å². The molecule has 2 amide bonds. The topological polar surface area (TPSA) is 117 Å². The summed E-state index contributed by atoms with van der Waals surface area (Å²) in [5.41, 5.74) is 4.24. The molecular formula is C19H22N6O5. The molecule has 1 saturated heterocycles. The van der Waals surface area contributed by atoms with Crippen molar-refractivity contribution in [1.29, 1.82) is 0 Å². The number of imide groups is 1. The number of carbonyl (C=O) groups is 3. The minimum absolute atomic E-state index is 0.0503. The lowest BCUT2D eigenvalue weighted by Crippen LogP contribution is -2.35. The van der Waals surface area contributed by atoms with Crippen LogP contribution in [0.25, 0.3) is 0 Å². The molecule has 0 aromatic carbocycles. The van der Waals surface area contributed by atoms with Gasteiger partial charge < -0.3 is 19.3 Å². The van der Waals surface area contributed by atoms with Crippen molar-refractivity contribution in [3.05, 3.63) is 30.6 Å². The number of nitrogens with zero attached hydrogens (tertiary/aromatic N) is 5. The van der Waals surface area contributed by atoms with Crippen LogP contribution in [0.15, 0.2) is 30.6 Å². The first-order valence-corrected chi connectivity index (χ1v) is 9.08. The summed E-state index contributed by atoms with van der Waals surface area (Å²) in [4.78, 5) is 47.9.